The lowest BCUT2D eigenvalue weighted by molar-refractivity contribution is -0.138. The zero-order valence-electron chi connectivity index (χ0n) is 9.78. The number of hydrogen-bond donors (Lipinski definition) is 1. The number of carboxylic acid groups (broad SMARTS) is 1. The van der Waals surface area contributed by atoms with Gasteiger partial charge in [0.1, 0.15) is 0 Å². The van der Waals surface area contributed by atoms with Gasteiger partial charge in [0.2, 0.25) is 0 Å². The number of rotatable bonds is 4. The fraction of sp³-hybridized carbons (Fsp3) is 0.583. The van der Waals surface area contributed by atoms with Crippen LogP contribution in [0.3, 0.4) is 0 Å². The predicted octanol–water partition coefficient (Wildman–Crippen LogP) is 3.26. The zero-order valence-corrected chi connectivity index (χ0v) is 12.2. The molecule has 0 radical (unpaired) electrons. The van der Waals surface area contributed by atoms with E-state index in [1.54, 1.807) is 11.3 Å². The molecule has 1 N–H and O–H groups in total. The average Bonchev–Trinajstić information content (AvgIpc) is 2.76. The van der Waals surface area contributed by atoms with Gasteiger partial charge in [0.15, 0.2) is 0 Å². The first-order chi connectivity index (χ1) is 8.06. The monoisotopic (exact) mass is 317 g/mol. The third kappa shape index (κ3) is 3.30. The van der Waals surface area contributed by atoms with E-state index in [2.05, 4.69) is 33.8 Å². The van der Waals surface area contributed by atoms with Crippen molar-refractivity contribution in [3.05, 3.63) is 20.3 Å². The van der Waals surface area contributed by atoms with Crippen molar-refractivity contribution in [3.63, 3.8) is 0 Å². The highest BCUT2D eigenvalue weighted by Gasteiger charge is 2.26. The van der Waals surface area contributed by atoms with Crippen molar-refractivity contribution in [2.75, 3.05) is 6.54 Å². The van der Waals surface area contributed by atoms with Crippen molar-refractivity contribution in [2.45, 2.75) is 38.8 Å². The Hall–Kier alpha value is -0.390. The Bertz CT molecular complexity index is 399. The minimum Gasteiger partial charge on any atom is -0.481 e. The van der Waals surface area contributed by atoms with E-state index in [0.717, 1.165) is 30.4 Å². The molecule has 0 saturated carbocycles. The number of aliphatic carboxylic acids is 1. The van der Waals surface area contributed by atoms with Gasteiger partial charge in [-0.25, -0.2) is 0 Å². The Morgan fingerprint density at radius 1 is 1.71 bits per heavy atom. The van der Waals surface area contributed by atoms with Crippen molar-refractivity contribution in [3.8, 4) is 0 Å². The van der Waals surface area contributed by atoms with E-state index in [1.807, 2.05) is 0 Å². The second-order valence-corrected chi connectivity index (χ2v) is 6.68. The van der Waals surface area contributed by atoms with Crippen LogP contribution < -0.4 is 0 Å². The summed E-state index contributed by atoms with van der Waals surface area (Å²) < 4.78 is 1.16. The van der Waals surface area contributed by atoms with Crippen LogP contribution in [0.4, 0.5) is 0 Å². The maximum absolute atomic E-state index is 10.8. The normalized spacial score (nSPS) is 20.9. The average molecular weight is 318 g/mol. The molecule has 17 heavy (non-hydrogen) atoms. The summed E-state index contributed by atoms with van der Waals surface area (Å²) in [7, 11) is 0. The third-order valence-corrected chi connectivity index (χ3v) is 5.30. The molecular weight excluding hydrogens is 302 g/mol. The van der Waals surface area contributed by atoms with Crippen LogP contribution >= 0.6 is 27.3 Å². The van der Waals surface area contributed by atoms with Gasteiger partial charge in [-0.2, -0.15) is 0 Å². The highest BCUT2D eigenvalue weighted by Crippen LogP contribution is 2.30. The summed E-state index contributed by atoms with van der Waals surface area (Å²) in [5, 5.41) is 8.87. The van der Waals surface area contributed by atoms with E-state index < -0.39 is 5.97 Å². The first-order valence-corrected chi connectivity index (χ1v) is 7.38. The lowest BCUT2D eigenvalue weighted by atomic mass is 10.1. The van der Waals surface area contributed by atoms with Gasteiger partial charge in [-0.1, -0.05) is 0 Å². The number of aryl methyl sites for hydroxylation is 1. The molecule has 1 aliphatic heterocycles. The first-order valence-electron chi connectivity index (χ1n) is 5.77. The second kappa shape index (κ2) is 5.50. The van der Waals surface area contributed by atoms with Gasteiger partial charge < -0.3 is 5.11 Å². The highest BCUT2D eigenvalue weighted by atomic mass is 79.9. The fourth-order valence-corrected chi connectivity index (χ4v) is 3.96. The van der Waals surface area contributed by atoms with Crippen molar-refractivity contribution in [1.82, 2.24) is 4.90 Å². The van der Waals surface area contributed by atoms with Crippen LogP contribution in [0.1, 0.15) is 29.0 Å². The van der Waals surface area contributed by atoms with Crippen LogP contribution in [0.2, 0.25) is 0 Å². The Balaban J connectivity index is 2.00. The minimum absolute atomic E-state index is 0.216. The molecule has 1 atom stereocenters. The van der Waals surface area contributed by atoms with Gasteiger partial charge in [0, 0.05) is 26.8 Å². The topological polar surface area (TPSA) is 40.5 Å². The largest absolute Gasteiger partial charge is 0.481 e. The maximum Gasteiger partial charge on any atom is 0.304 e. The number of hydrogen-bond acceptors (Lipinski definition) is 3. The number of halogens is 1. The molecule has 1 unspecified atom stereocenters. The Labute approximate surface area is 114 Å². The van der Waals surface area contributed by atoms with Crippen molar-refractivity contribution in [1.29, 1.82) is 0 Å². The Morgan fingerprint density at radius 2 is 2.47 bits per heavy atom. The number of likely N-dealkylation sites (tertiary alicyclic amines) is 1. The molecule has 0 aromatic carbocycles. The summed E-state index contributed by atoms with van der Waals surface area (Å²) in [4.78, 5) is 15.7. The van der Waals surface area contributed by atoms with Crippen LogP contribution in [0.5, 0.6) is 0 Å². The second-order valence-electron chi connectivity index (χ2n) is 4.48. The maximum atomic E-state index is 10.8. The standard InChI is InChI=1S/C12H16BrNO2S/c1-8-11(13)6-10(17-8)7-14-4-2-3-9(14)5-12(15)16/h6,9H,2-5,7H2,1H3,(H,15,16). The molecule has 1 aliphatic rings. The molecule has 2 rings (SSSR count). The first kappa shape index (κ1) is 13.1. The Kier molecular flexibility index (Phi) is 4.22. The molecule has 1 fully saturated rings. The van der Waals surface area contributed by atoms with Gasteiger partial charge in [-0.15, -0.1) is 11.3 Å². The van der Waals surface area contributed by atoms with Crippen LogP contribution in [0, 0.1) is 6.92 Å². The van der Waals surface area contributed by atoms with Gasteiger partial charge in [-0.05, 0) is 48.3 Å². The van der Waals surface area contributed by atoms with E-state index in [-0.39, 0.29) is 12.5 Å². The van der Waals surface area contributed by atoms with Gasteiger partial charge >= 0.3 is 5.97 Å². The number of carbonyl (C=O) groups is 1. The van der Waals surface area contributed by atoms with E-state index in [1.165, 1.54) is 9.75 Å². The summed E-state index contributed by atoms with van der Waals surface area (Å²) in [6, 6.07) is 2.37. The van der Waals surface area contributed by atoms with E-state index in [0.29, 0.717) is 0 Å². The molecular formula is C12H16BrNO2S. The Morgan fingerprint density at radius 3 is 3.06 bits per heavy atom. The fourth-order valence-electron chi connectivity index (χ4n) is 2.33. The van der Waals surface area contributed by atoms with Gasteiger partial charge in [-0.3, -0.25) is 9.69 Å². The molecule has 2 heterocycles. The number of nitrogens with zero attached hydrogens (tertiary/aromatic N) is 1. The molecule has 1 aromatic heterocycles. The SMILES string of the molecule is Cc1sc(CN2CCCC2CC(=O)O)cc1Br. The van der Waals surface area contributed by atoms with E-state index in [9.17, 15) is 4.79 Å². The molecule has 0 aliphatic carbocycles. The lowest BCUT2D eigenvalue weighted by Gasteiger charge is -2.22. The minimum atomic E-state index is -0.689. The summed E-state index contributed by atoms with van der Waals surface area (Å²) in [6.45, 7) is 4.00. The van der Waals surface area contributed by atoms with Crippen molar-refractivity contribution < 1.29 is 9.90 Å². The van der Waals surface area contributed by atoms with Crippen molar-refractivity contribution >= 4 is 33.2 Å². The molecule has 0 bridgehead atoms. The number of thiophene rings is 1. The molecule has 1 saturated heterocycles. The van der Waals surface area contributed by atoms with Crippen LogP contribution in [-0.4, -0.2) is 28.6 Å². The van der Waals surface area contributed by atoms with Gasteiger partial charge in [0.05, 0.1) is 6.42 Å². The summed E-state index contributed by atoms with van der Waals surface area (Å²) in [6.07, 6.45) is 2.40. The summed E-state index contributed by atoms with van der Waals surface area (Å²) in [5.74, 6) is -0.689. The van der Waals surface area contributed by atoms with Crippen molar-refractivity contribution in [2.24, 2.45) is 0 Å². The van der Waals surface area contributed by atoms with Crippen LogP contribution in [0.25, 0.3) is 0 Å². The molecule has 3 nitrogen and oxygen atoms in total. The molecule has 5 heteroatoms. The molecule has 1 aromatic rings. The molecule has 0 spiro atoms. The molecule has 0 amide bonds. The smallest absolute Gasteiger partial charge is 0.304 e. The number of carboxylic acids is 1. The summed E-state index contributed by atoms with van der Waals surface area (Å²) in [5.41, 5.74) is 0. The molecule has 94 valence electrons. The zero-order chi connectivity index (χ0) is 12.4. The summed E-state index contributed by atoms with van der Waals surface area (Å²) >= 11 is 5.30. The third-order valence-electron chi connectivity index (χ3n) is 3.18. The van der Waals surface area contributed by atoms with Crippen LogP contribution in [-0.2, 0) is 11.3 Å². The van der Waals surface area contributed by atoms with E-state index >= 15 is 0 Å². The van der Waals surface area contributed by atoms with Gasteiger partial charge in [0.25, 0.3) is 0 Å². The predicted molar refractivity (Wildman–Crippen MR) is 72.4 cm³/mol. The lowest BCUT2D eigenvalue weighted by Crippen LogP contribution is -2.30. The quantitative estimate of drug-likeness (QED) is 0.926. The van der Waals surface area contributed by atoms with Crippen LogP contribution in [0.15, 0.2) is 10.5 Å². The highest BCUT2D eigenvalue weighted by molar-refractivity contribution is 9.10. The van der Waals surface area contributed by atoms with E-state index in [4.69, 9.17) is 5.11 Å².